The molecule has 0 saturated carbocycles. The fourth-order valence-corrected chi connectivity index (χ4v) is 2.76. The summed E-state index contributed by atoms with van der Waals surface area (Å²) in [5, 5.41) is 2.87. The topological polar surface area (TPSA) is 41.6 Å². The molecule has 134 valence electrons. The van der Waals surface area contributed by atoms with Crippen LogP contribution in [-0.4, -0.2) is 42.6 Å². The first-order valence-corrected chi connectivity index (χ1v) is 8.17. The van der Waals surface area contributed by atoms with Gasteiger partial charge >= 0.3 is 6.18 Å². The van der Waals surface area contributed by atoms with Gasteiger partial charge in [0.05, 0.1) is 5.56 Å². The Morgan fingerprint density at radius 2 is 1.96 bits per heavy atom. The second kappa shape index (κ2) is 7.88. The van der Waals surface area contributed by atoms with Crippen molar-refractivity contribution >= 4 is 5.91 Å². The van der Waals surface area contributed by atoms with Crippen molar-refractivity contribution in [2.75, 3.05) is 19.6 Å². The number of hydrogen-bond donors (Lipinski definition) is 1. The molecule has 1 heterocycles. The Morgan fingerprint density at radius 3 is 2.54 bits per heavy atom. The zero-order valence-corrected chi connectivity index (χ0v) is 13.9. The van der Waals surface area contributed by atoms with Gasteiger partial charge in [-0.1, -0.05) is 19.1 Å². The fraction of sp³-hybridized carbons (Fsp3) is 0.588. The summed E-state index contributed by atoms with van der Waals surface area (Å²) in [6.07, 6.45) is -3.82. The van der Waals surface area contributed by atoms with Gasteiger partial charge in [0.25, 0.3) is 5.91 Å². The Labute approximate surface area is 140 Å². The lowest BCUT2D eigenvalue weighted by molar-refractivity contribution is -0.140. The zero-order chi connectivity index (χ0) is 17.7. The molecule has 1 aromatic carbocycles. The standard InChI is InChI=1S/C17H23F3N2O2/c1-3-22-10-8-13(9-11-22)21-16(23)12(2)24-15-7-5-4-6-14(15)17(18,19)20/h4-7,12-13H,3,8-11H2,1-2H3,(H,21,23). The largest absolute Gasteiger partial charge is 0.480 e. The maximum absolute atomic E-state index is 13.0. The quantitative estimate of drug-likeness (QED) is 0.893. The number of nitrogens with one attached hydrogen (secondary N) is 1. The highest BCUT2D eigenvalue weighted by Gasteiger charge is 2.35. The number of ether oxygens (including phenoxy) is 1. The first-order valence-electron chi connectivity index (χ1n) is 8.17. The van der Waals surface area contributed by atoms with Gasteiger partial charge in [0.2, 0.25) is 0 Å². The lowest BCUT2D eigenvalue weighted by Crippen LogP contribution is -2.48. The predicted molar refractivity (Wildman–Crippen MR) is 84.8 cm³/mol. The molecule has 2 rings (SSSR count). The van der Waals surface area contributed by atoms with E-state index in [2.05, 4.69) is 17.1 Å². The van der Waals surface area contributed by atoms with Crippen LogP contribution in [0.3, 0.4) is 0 Å². The van der Waals surface area contributed by atoms with E-state index in [-0.39, 0.29) is 17.7 Å². The summed E-state index contributed by atoms with van der Waals surface area (Å²) in [6, 6.07) is 4.97. The normalized spacial score (nSPS) is 18.2. The highest BCUT2D eigenvalue weighted by atomic mass is 19.4. The smallest absolute Gasteiger partial charge is 0.419 e. The highest BCUT2D eigenvalue weighted by molar-refractivity contribution is 5.81. The monoisotopic (exact) mass is 344 g/mol. The molecule has 1 aliphatic heterocycles. The zero-order valence-electron chi connectivity index (χ0n) is 13.9. The number of benzene rings is 1. The van der Waals surface area contributed by atoms with Gasteiger partial charge < -0.3 is 15.0 Å². The molecule has 0 aromatic heterocycles. The summed E-state index contributed by atoms with van der Waals surface area (Å²) in [5.41, 5.74) is -0.874. The van der Waals surface area contributed by atoms with Crippen LogP contribution < -0.4 is 10.1 Å². The van der Waals surface area contributed by atoms with Crippen molar-refractivity contribution in [2.24, 2.45) is 0 Å². The van der Waals surface area contributed by atoms with Gasteiger partial charge in [-0.25, -0.2) is 0 Å². The van der Waals surface area contributed by atoms with Crippen molar-refractivity contribution in [1.29, 1.82) is 0 Å². The molecule has 7 heteroatoms. The lowest BCUT2D eigenvalue weighted by atomic mass is 10.0. The molecule has 1 N–H and O–H groups in total. The Bertz CT molecular complexity index is 555. The third-order valence-corrected chi connectivity index (χ3v) is 4.25. The third kappa shape index (κ3) is 4.87. The molecule has 1 aliphatic rings. The van der Waals surface area contributed by atoms with Gasteiger partial charge in [-0.15, -0.1) is 0 Å². The summed E-state index contributed by atoms with van der Waals surface area (Å²) in [6.45, 7) is 6.35. The Hall–Kier alpha value is -1.76. The van der Waals surface area contributed by atoms with E-state index >= 15 is 0 Å². The van der Waals surface area contributed by atoms with Gasteiger partial charge in [-0.2, -0.15) is 13.2 Å². The summed E-state index contributed by atoms with van der Waals surface area (Å²) in [5.74, 6) is -0.713. The summed E-state index contributed by atoms with van der Waals surface area (Å²) >= 11 is 0. The number of carbonyl (C=O) groups excluding carboxylic acids is 1. The molecule has 0 spiro atoms. The van der Waals surface area contributed by atoms with E-state index in [1.807, 2.05) is 0 Å². The number of alkyl halides is 3. The maximum atomic E-state index is 13.0. The molecular weight excluding hydrogens is 321 g/mol. The van der Waals surface area contributed by atoms with Crippen LogP contribution in [0.2, 0.25) is 0 Å². The van der Waals surface area contributed by atoms with Gasteiger partial charge in [-0.3, -0.25) is 4.79 Å². The van der Waals surface area contributed by atoms with Crippen LogP contribution in [0.15, 0.2) is 24.3 Å². The molecule has 24 heavy (non-hydrogen) atoms. The van der Waals surface area contributed by atoms with Crippen LogP contribution in [-0.2, 0) is 11.0 Å². The van der Waals surface area contributed by atoms with Crippen molar-refractivity contribution in [3.63, 3.8) is 0 Å². The molecule has 1 saturated heterocycles. The van der Waals surface area contributed by atoms with E-state index in [1.165, 1.54) is 25.1 Å². The highest BCUT2D eigenvalue weighted by Crippen LogP contribution is 2.36. The van der Waals surface area contributed by atoms with Crippen LogP contribution >= 0.6 is 0 Å². The molecular formula is C17H23F3N2O2. The molecule has 1 atom stereocenters. The average Bonchev–Trinajstić information content (AvgIpc) is 2.55. The second-order valence-electron chi connectivity index (χ2n) is 5.97. The van der Waals surface area contributed by atoms with Crippen LogP contribution in [0.25, 0.3) is 0 Å². The number of halogens is 3. The Morgan fingerprint density at radius 1 is 1.33 bits per heavy atom. The van der Waals surface area contributed by atoms with Crippen LogP contribution in [0.1, 0.15) is 32.3 Å². The van der Waals surface area contributed by atoms with Crippen LogP contribution in [0, 0.1) is 0 Å². The van der Waals surface area contributed by atoms with Gasteiger partial charge in [0.1, 0.15) is 5.75 Å². The molecule has 4 nitrogen and oxygen atoms in total. The number of amides is 1. The minimum absolute atomic E-state index is 0.0456. The third-order valence-electron chi connectivity index (χ3n) is 4.25. The van der Waals surface area contributed by atoms with Crippen molar-refractivity contribution < 1.29 is 22.7 Å². The number of likely N-dealkylation sites (tertiary alicyclic amines) is 1. The number of para-hydroxylation sites is 1. The molecule has 0 radical (unpaired) electrons. The average molecular weight is 344 g/mol. The minimum atomic E-state index is -4.51. The van der Waals surface area contributed by atoms with Crippen molar-refractivity contribution in [1.82, 2.24) is 10.2 Å². The van der Waals surface area contributed by atoms with Gasteiger partial charge in [0, 0.05) is 19.1 Å². The first-order chi connectivity index (χ1) is 11.3. The van der Waals surface area contributed by atoms with Gasteiger partial charge in [-0.05, 0) is 38.4 Å². The van der Waals surface area contributed by atoms with Crippen molar-refractivity contribution in [3.05, 3.63) is 29.8 Å². The number of piperidine rings is 1. The van der Waals surface area contributed by atoms with E-state index in [0.29, 0.717) is 0 Å². The Balaban J connectivity index is 1.93. The fourth-order valence-electron chi connectivity index (χ4n) is 2.76. The lowest BCUT2D eigenvalue weighted by Gasteiger charge is -2.32. The van der Waals surface area contributed by atoms with Crippen molar-refractivity contribution in [2.45, 2.75) is 45.0 Å². The second-order valence-corrected chi connectivity index (χ2v) is 5.97. The van der Waals surface area contributed by atoms with Gasteiger partial charge in [0.15, 0.2) is 6.10 Å². The number of rotatable bonds is 5. The van der Waals surface area contributed by atoms with E-state index in [9.17, 15) is 18.0 Å². The van der Waals surface area contributed by atoms with Crippen LogP contribution in [0.5, 0.6) is 5.75 Å². The van der Waals surface area contributed by atoms with Crippen LogP contribution in [0.4, 0.5) is 13.2 Å². The number of carbonyl (C=O) groups is 1. The SMILES string of the molecule is CCN1CCC(NC(=O)C(C)Oc2ccccc2C(F)(F)F)CC1. The maximum Gasteiger partial charge on any atom is 0.419 e. The molecule has 1 aromatic rings. The Kier molecular flexibility index (Phi) is 6.10. The number of hydrogen-bond acceptors (Lipinski definition) is 3. The molecule has 0 bridgehead atoms. The van der Waals surface area contributed by atoms with E-state index in [0.717, 1.165) is 38.5 Å². The van der Waals surface area contributed by atoms with E-state index in [1.54, 1.807) is 0 Å². The molecule has 1 unspecified atom stereocenters. The van der Waals surface area contributed by atoms with E-state index in [4.69, 9.17) is 4.74 Å². The van der Waals surface area contributed by atoms with E-state index < -0.39 is 17.8 Å². The molecule has 1 fully saturated rings. The summed E-state index contributed by atoms with van der Waals surface area (Å²) in [7, 11) is 0. The summed E-state index contributed by atoms with van der Waals surface area (Å²) < 4.78 is 44.1. The number of nitrogens with zero attached hydrogens (tertiary/aromatic N) is 1. The first kappa shape index (κ1) is 18.6. The molecule has 0 aliphatic carbocycles. The summed E-state index contributed by atoms with van der Waals surface area (Å²) in [4.78, 5) is 14.5. The molecule has 1 amide bonds. The van der Waals surface area contributed by atoms with Crippen molar-refractivity contribution in [3.8, 4) is 5.75 Å². The predicted octanol–water partition coefficient (Wildman–Crippen LogP) is 3.07. The minimum Gasteiger partial charge on any atom is -0.480 e.